The summed E-state index contributed by atoms with van der Waals surface area (Å²) < 4.78 is 5.77. The molecule has 1 amide bonds. The highest BCUT2D eigenvalue weighted by Crippen LogP contribution is 2.31. The van der Waals surface area contributed by atoms with Crippen LogP contribution in [0.25, 0.3) is 11.5 Å². The van der Waals surface area contributed by atoms with Crippen molar-refractivity contribution in [3.8, 4) is 11.5 Å². The Kier molecular flexibility index (Phi) is 3.68. The number of carbonyl (C=O) groups is 1. The summed E-state index contributed by atoms with van der Waals surface area (Å²) >= 11 is 0. The molecule has 2 aromatic rings. The zero-order valence-electron chi connectivity index (χ0n) is 12.2. The quantitative estimate of drug-likeness (QED) is 0.848. The summed E-state index contributed by atoms with van der Waals surface area (Å²) in [4.78, 5) is 17.8. The smallest absolute Gasteiger partial charge is 0.249 e. The predicted molar refractivity (Wildman–Crippen MR) is 76.2 cm³/mol. The lowest BCUT2D eigenvalue weighted by Gasteiger charge is -2.32. The van der Waals surface area contributed by atoms with Crippen molar-refractivity contribution in [2.24, 2.45) is 0 Å². The van der Waals surface area contributed by atoms with Gasteiger partial charge in [-0.25, -0.2) is 0 Å². The van der Waals surface area contributed by atoms with Gasteiger partial charge in [-0.3, -0.25) is 9.78 Å². The molecule has 1 fully saturated rings. The van der Waals surface area contributed by atoms with Crippen molar-refractivity contribution in [2.75, 3.05) is 6.54 Å². The summed E-state index contributed by atoms with van der Waals surface area (Å²) in [6.45, 7) is 4.26. The molecule has 1 atom stereocenters. The van der Waals surface area contributed by atoms with Crippen LogP contribution in [0.2, 0.25) is 0 Å². The van der Waals surface area contributed by atoms with Gasteiger partial charge in [0.25, 0.3) is 0 Å². The van der Waals surface area contributed by atoms with E-state index in [0.717, 1.165) is 37.1 Å². The average molecular weight is 286 g/mol. The molecular formula is C15H18N4O2. The first-order chi connectivity index (χ1) is 10.1. The molecule has 21 heavy (non-hydrogen) atoms. The minimum absolute atomic E-state index is 0.0523. The first-order valence-electron chi connectivity index (χ1n) is 7.19. The lowest BCUT2D eigenvalue weighted by Crippen LogP contribution is -2.37. The van der Waals surface area contributed by atoms with Crippen LogP contribution >= 0.6 is 0 Å². The number of pyridine rings is 1. The van der Waals surface area contributed by atoms with Crippen LogP contribution in [0.5, 0.6) is 0 Å². The standard InChI is InChI=1S/C15H18N4O2/c1-10-6-7-12(9-16-10)14-17-18-15(21-14)13-5-3-4-8-19(13)11(2)20/h6-7,9,13H,3-5,8H2,1-2H3. The number of amides is 1. The topological polar surface area (TPSA) is 72.1 Å². The van der Waals surface area contributed by atoms with Crippen LogP contribution in [0.15, 0.2) is 22.7 Å². The van der Waals surface area contributed by atoms with Crippen LogP contribution in [0, 0.1) is 6.92 Å². The Balaban J connectivity index is 1.86. The van der Waals surface area contributed by atoms with Crippen LogP contribution in [0.1, 0.15) is 43.8 Å². The van der Waals surface area contributed by atoms with E-state index in [1.165, 1.54) is 0 Å². The van der Waals surface area contributed by atoms with Crippen molar-refractivity contribution in [1.29, 1.82) is 0 Å². The average Bonchev–Trinajstić information content (AvgIpc) is 2.97. The highest BCUT2D eigenvalue weighted by Gasteiger charge is 2.30. The number of hydrogen-bond acceptors (Lipinski definition) is 5. The second kappa shape index (κ2) is 5.63. The number of likely N-dealkylation sites (tertiary alicyclic amines) is 1. The molecule has 1 saturated heterocycles. The molecule has 0 radical (unpaired) electrons. The molecular weight excluding hydrogens is 268 g/mol. The normalized spacial score (nSPS) is 18.8. The molecule has 0 aliphatic carbocycles. The molecule has 110 valence electrons. The van der Waals surface area contributed by atoms with Gasteiger partial charge in [-0.15, -0.1) is 10.2 Å². The molecule has 2 aromatic heterocycles. The van der Waals surface area contributed by atoms with E-state index in [4.69, 9.17) is 4.42 Å². The van der Waals surface area contributed by atoms with Crippen LogP contribution in [0.3, 0.4) is 0 Å². The molecule has 1 unspecified atom stereocenters. The van der Waals surface area contributed by atoms with Crippen molar-refractivity contribution >= 4 is 5.91 Å². The van der Waals surface area contributed by atoms with E-state index < -0.39 is 0 Å². The Morgan fingerprint density at radius 3 is 2.90 bits per heavy atom. The van der Waals surface area contributed by atoms with Crippen LogP contribution < -0.4 is 0 Å². The number of hydrogen-bond donors (Lipinski definition) is 0. The molecule has 0 bridgehead atoms. The molecule has 0 aromatic carbocycles. The minimum atomic E-state index is -0.101. The number of aryl methyl sites for hydroxylation is 1. The Labute approximate surface area is 123 Å². The maximum absolute atomic E-state index is 11.7. The second-order valence-corrected chi connectivity index (χ2v) is 5.36. The van der Waals surface area contributed by atoms with E-state index in [1.54, 1.807) is 13.1 Å². The zero-order valence-corrected chi connectivity index (χ0v) is 12.2. The van der Waals surface area contributed by atoms with Gasteiger partial charge in [-0.1, -0.05) is 0 Å². The lowest BCUT2D eigenvalue weighted by molar-refractivity contribution is -0.133. The number of carbonyl (C=O) groups excluding carboxylic acids is 1. The number of nitrogens with zero attached hydrogens (tertiary/aromatic N) is 4. The van der Waals surface area contributed by atoms with Gasteiger partial charge in [0, 0.05) is 25.4 Å². The fourth-order valence-corrected chi connectivity index (χ4v) is 2.65. The van der Waals surface area contributed by atoms with Gasteiger partial charge in [0.15, 0.2) is 0 Å². The third-order valence-corrected chi connectivity index (χ3v) is 3.79. The van der Waals surface area contributed by atoms with Gasteiger partial charge in [0.1, 0.15) is 6.04 Å². The summed E-state index contributed by atoms with van der Waals surface area (Å²) in [5.41, 5.74) is 1.73. The van der Waals surface area contributed by atoms with E-state index in [-0.39, 0.29) is 11.9 Å². The van der Waals surface area contributed by atoms with Crippen LogP contribution in [-0.2, 0) is 4.79 Å². The molecule has 0 N–H and O–H groups in total. The highest BCUT2D eigenvalue weighted by atomic mass is 16.4. The number of rotatable bonds is 2. The summed E-state index contributed by atoms with van der Waals surface area (Å²) in [5.74, 6) is 1.02. The Morgan fingerprint density at radius 2 is 2.19 bits per heavy atom. The first-order valence-corrected chi connectivity index (χ1v) is 7.19. The van der Waals surface area contributed by atoms with E-state index in [9.17, 15) is 4.79 Å². The minimum Gasteiger partial charge on any atom is -0.418 e. The van der Waals surface area contributed by atoms with E-state index in [2.05, 4.69) is 15.2 Å². The van der Waals surface area contributed by atoms with Crippen LogP contribution in [-0.4, -0.2) is 32.5 Å². The van der Waals surface area contributed by atoms with Crippen LogP contribution in [0.4, 0.5) is 0 Å². The van der Waals surface area contributed by atoms with Gasteiger partial charge in [0.2, 0.25) is 17.7 Å². The van der Waals surface area contributed by atoms with Crippen molar-refractivity contribution < 1.29 is 9.21 Å². The Hall–Kier alpha value is -2.24. The van der Waals surface area contributed by atoms with Crippen molar-refractivity contribution in [3.63, 3.8) is 0 Å². The van der Waals surface area contributed by atoms with E-state index in [0.29, 0.717) is 11.8 Å². The molecule has 3 rings (SSSR count). The Bertz CT molecular complexity index is 635. The summed E-state index contributed by atoms with van der Waals surface area (Å²) in [7, 11) is 0. The van der Waals surface area contributed by atoms with Gasteiger partial charge >= 0.3 is 0 Å². The molecule has 0 spiro atoms. The molecule has 6 heteroatoms. The molecule has 1 aliphatic rings. The fourth-order valence-electron chi connectivity index (χ4n) is 2.65. The second-order valence-electron chi connectivity index (χ2n) is 5.36. The predicted octanol–water partition coefficient (Wildman–Crippen LogP) is 2.51. The summed E-state index contributed by atoms with van der Waals surface area (Å²) in [6.07, 6.45) is 4.68. The van der Waals surface area contributed by atoms with Gasteiger partial charge in [-0.2, -0.15) is 0 Å². The third kappa shape index (κ3) is 2.79. The fraction of sp³-hybridized carbons (Fsp3) is 0.467. The highest BCUT2D eigenvalue weighted by molar-refractivity contribution is 5.73. The summed E-state index contributed by atoms with van der Waals surface area (Å²) in [5, 5.41) is 8.22. The first kappa shape index (κ1) is 13.7. The van der Waals surface area contributed by atoms with Crippen molar-refractivity contribution in [3.05, 3.63) is 29.9 Å². The van der Waals surface area contributed by atoms with Crippen molar-refractivity contribution in [1.82, 2.24) is 20.1 Å². The van der Waals surface area contributed by atoms with Gasteiger partial charge in [0.05, 0.1) is 5.56 Å². The van der Waals surface area contributed by atoms with E-state index in [1.807, 2.05) is 24.0 Å². The maximum Gasteiger partial charge on any atom is 0.249 e. The largest absolute Gasteiger partial charge is 0.418 e. The number of piperidine rings is 1. The molecule has 0 saturated carbocycles. The zero-order chi connectivity index (χ0) is 14.8. The summed E-state index contributed by atoms with van der Waals surface area (Å²) in [6, 6.07) is 3.71. The lowest BCUT2D eigenvalue weighted by atomic mass is 10.0. The third-order valence-electron chi connectivity index (χ3n) is 3.79. The van der Waals surface area contributed by atoms with Crippen molar-refractivity contribution in [2.45, 2.75) is 39.2 Å². The van der Waals surface area contributed by atoms with Gasteiger partial charge < -0.3 is 9.32 Å². The monoisotopic (exact) mass is 286 g/mol. The molecule has 6 nitrogen and oxygen atoms in total. The molecule has 1 aliphatic heterocycles. The SMILES string of the molecule is CC(=O)N1CCCCC1c1nnc(-c2ccc(C)nc2)o1. The molecule has 3 heterocycles. The van der Waals surface area contributed by atoms with E-state index >= 15 is 0 Å². The Morgan fingerprint density at radius 1 is 1.33 bits per heavy atom. The number of aromatic nitrogens is 3. The maximum atomic E-state index is 11.7. The van der Waals surface area contributed by atoms with Gasteiger partial charge in [-0.05, 0) is 38.3 Å².